The maximum absolute atomic E-state index is 9.53. The van der Waals surface area contributed by atoms with Crippen LogP contribution in [0.4, 0.5) is 0 Å². The molecule has 0 aliphatic carbocycles. The summed E-state index contributed by atoms with van der Waals surface area (Å²) in [6.07, 6.45) is -0.442. The van der Waals surface area contributed by atoms with Gasteiger partial charge in [0.1, 0.15) is 0 Å². The molecule has 0 radical (unpaired) electrons. The highest BCUT2D eigenvalue weighted by Gasteiger charge is 2.03. The molecule has 0 aliphatic rings. The molecule has 1 unspecified atom stereocenters. The average Bonchev–Trinajstić information content (AvgIpc) is 2.29. The van der Waals surface area contributed by atoms with Crippen molar-refractivity contribution in [3.05, 3.63) is 34.3 Å². The third kappa shape index (κ3) is 5.07. The number of aliphatic hydroxyl groups is 1. The minimum Gasteiger partial charge on any atom is -0.389 e. The Morgan fingerprint density at radius 3 is 2.88 bits per heavy atom. The highest BCUT2D eigenvalue weighted by Crippen LogP contribution is 2.15. The average molecular weight is 288 g/mol. The van der Waals surface area contributed by atoms with Gasteiger partial charge in [0.05, 0.1) is 12.7 Å². The van der Waals surface area contributed by atoms with Crippen LogP contribution in [0, 0.1) is 0 Å². The Balaban J connectivity index is 2.23. The molecule has 1 rings (SSSR count). The van der Waals surface area contributed by atoms with Gasteiger partial charge in [-0.05, 0) is 18.6 Å². The summed E-state index contributed by atoms with van der Waals surface area (Å²) >= 11 is 3.48. The first-order chi connectivity index (χ1) is 7.74. The molecular weight excluding hydrogens is 270 g/mol. The number of rotatable bonds is 7. The molecule has 0 aromatic heterocycles. The van der Waals surface area contributed by atoms with E-state index in [-0.39, 0.29) is 0 Å². The fourth-order valence-corrected chi connectivity index (χ4v) is 1.75. The standard InChI is InChI=1S/C12H18BrNO2/c1-2-16-9-11(15)8-14-7-10-5-3-4-6-12(10)13/h3-6,11,14-15H,2,7-9H2,1H3. The number of halogens is 1. The number of nitrogens with one attached hydrogen (secondary N) is 1. The van der Waals surface area contributed by atoms with Crippen LogP contribution in [0.2, 0.25) is 0 Å². The van der Waals surface area contributed by atoms with E-state index in [2.05, 4.69) is 21.2 Å². The first-order valence-corrected chi connectivity index (χ1v) is 6.23. The molecule has 3 nitrogen and oxygen atoms in total. The Hall–Kier alpha value is -0.420. The van der Waals surface area contributed by atoms with Crippen LogP contribution in [0.1, 0.15) is 12.5 Å². The second-order valence-corrected chi connectivity index (χ2v) is 4.39. The molecular formula is C12H18BrNO2. The monoisotopic (exact) mass is 287 g/mol. The molecule has 90 valence electrons. The maximum atomic E-state index is 9.53. The van der Waals surface area contributed by atoms with Crippen molar-refractivity contribution in [2.75, 3.05) is 19.8 Å². The van der Waals surface area contributed by atoms with E-state index in [0.717, 1.165) is 11.0 Å². The van der Waals surface area contributed by atoms with Gasteiger partial charge in [-0.1, -0.05) is 34.1 Å². The molecule has 0 bridgehead atoms. The number of hydrogen-bond acceptors (Lipinski definition) is 3. The van der Waals surface area contributed by atoms with Gasteiger partial charge < -0.3 is 15.2 Å². The zero-order valence-corrected chi connectivity index (χ0v) is 11.0. The summed E-state index contributed by atoms with van der Waals surface area (Å²) in [5.41, 5.74) is 1.19. The van der Waals surface area contributed by atoms with Crippen LogP contribution < -0.4 is 5.32 Å². The molecule has 0 spiro atoms. The van der Waals surface area contributed by atoms with E-state index >= 15 is 0 Å². The fraction of sp³-hybridized carbons (Fsp3) is 0.500. The maximum Gasteiger partial charge on any atom is 0.0897 e. The second-order valence-electron chi connectivity index (χ2n) is 3.54. The summed E-state index contributed by atoms with van der Waals surface area (Å²) in [5.74, 6) is 0. The SMILES string of the molecule is CCOCC(O)CNCc1ccccc1Br. The third-order valence-corrected chi connectivity index (χ3v) is 2.94. The smallest absolute Gasteiger partial charge is 0.0897 e. The van der Waals surface area contributed by atoms with Gasteiger partial charge in [-0.3, -0.25) is 0 Å². The van der Waals surface area contributed by atoms with E-state index in [1.165, 1.54) is 5.56 Å². The first-order valence-electron chi connectivity index (χ1n) is 5.44. The topological polar surface area (TPSA) is 41.5 Å². The van der Waals surface area contributed by atoms with Gasteiger partial charge in [0, 0.05) is 24.2 Å². The summed E-state index contributed by atoms with van der Waals surface area (Å²) in [6, 6.07) is 8.04. The van der Waals surface area contributed by atoms with Gasteiger partial charge in [0.15, 0.2) is 0 Å². The van der Waals surface area contributed by atoms with Crippen LogP contribution >= 0.6 is 15.9 Å². The lowest BCUT2D eigenvalue weighted by Crippen LogP contribution is -2.30. The lowest BCUT2D eigenvalue weighted by molar-refractivity contribution is 0.0427. The quantitative estimate of drug-likeness (QED) is 0.805. The van der Waals surface area contributed by atoms with Crippen LogP contribution in [0.5, 0.6) is 0 Å². The molecule has 1 atom stereocenters. The van der Waals surface area contributed by atoms with E-state index in [0.29, 0.717) is 19.8 Å². The lowest BCUT2D eigenvalue weighted by Gasteiger charge is -2.12. The fourth-order valence-electron chi connectivity index (χ4n) is 1.33. The number of hydrogen-bond donors (Lipinski definition) is 2. The van der Waals surface area contributed by atoms with Crippen molar-refractivity contribution in [3.63, 3.8) is 0 Å². The van der Waals surface area contributed by atoms with E-state index in [9.17, 15) is 5.11 Å². The largest absolute Gasteiger partial charge is 0.389 e. The van der Waals surface area contributed by atoms with Gasteiger partial charge in [-0.15, -0.1) is 0 Å². The van der Waals surface area contributed by atoms with E-state index in [1.54, 1.807) is 0 Å². The Labute approximate surface area is 105 Å². The minimum atomic E-state index is -0.442. The summed E-state index contributed by atoms with van der Waals surface area (Å²) in [5, 5.41) is 12.7. The second kappa shape index (κ2) is 7.79. The minimum absolute atomic E-state index is 0.388. The number of aliphatic hydroxyl groups excluding tert-OH is 1. The molecule has 16 heavy (non-hydrogen) atoms. The molecule has 1 aromatic carbocycles. The summed E-state index contributed by atoms with van der Waals surface area (Å²) < 4.78 is 6.21. The Morgan fingerprint density at radius 1 is 1.44 bits per heavy atom. The van der Waals surface area contributed by atoms with Gasteiger partial charge >= 0.3 is 0 Å². The molecule has 4 heteroatoms. The van der Waals surface area contributed by atoms with E-state index < -0.39 is 6.10 Å². The third-order valence-electron chi connectivity index (χ3n) is 2.17. The summed E-state index contributed by atoms with van der Waals surface area (Å²) in [4.78, 5) is 0. The van der Waals surface area contributed by atoms with Crippen molar-refractivity contribution in [2.45, 2.75) is 19.6 Å². The van der Waals surface area contributed by atoms with E-state index in [1.807, 2.05) is 31.2 Å². The summed E-state index contributed by atoms with van der Waals surface area (Å²) in [7, 11) is 0. The van der Waals surface area contributed by atoms with Crippen molar-refractivity contribution in [2.24, 2.45) is 0 Å². The number of ether oxygens (including phenoxy) is 1. The van der Waals surface area contributed by atoms with Crippen molar-refractivity contribution in [1.29, 1.82) is 0 Å². The predicted molar refractivity (Wildman–Crippen MR) is 68.3 cm³/mol. The number of benzene rings is 1. The van der Waals surface area contributed by atoms with Gasteiger partial charge in [-0.2, -0.15) is 0 Å². The van der Waals surface area contributed by atoms with Crippen LogP contribution in [0.3, 0.4) is 0 Å². The van der Waals surface area contributed by atoms with Crippen LogP contribution in [0.25, 0.3) is 0 Å². The summed E-state index contributed by atoms with van der Waals surface area (Å²) in [6.45, 7) is 4.23. The molecule has 0 amide bonds. The highest BCUT2D eigenvalue weighted by atomic mass is 79.9. The molecule has 0 fully saturated rings. The Bertz CT molecular complexity index is 307. The molecule has 0 saturated carbocycles. The van der Waals surface area contributed by atoms with Gasteiger partial charge in [0.25, 0.3) is 0 Å². The molecule has 0 aliphatic heterocycles. The van der Waals surface area contributed by atoms with Gasteiger partial charge in [0.2, 0.25) is 0 Å². The first kappa shape index (κ1) is 13.6. The zero-order valence-electron chi connectivity index (χ0n) is 9.45. The van der Waals surface area contributed by atoms with Crippen molar-refractivity contribution in [1.82, 2.24) is 5.32 Å². The zero-order chi connectivity index (χ0) is 11.8. The Kier molecular flexibility index (Phi) is 6.64. The molecule has 0 saturated heterocycles. The van der Waals surface area contributed by atoms with Crippen LogP contribution in [-0.4, -0.2) is 31.0 Å². The molecule has 0 heterocycles. The van der Waals surface area contributed by atoms with Crippen molar-refractivity contribution >= 4 is 15.9 Å². The van der Waals surface area contributed by atoms with Crippen LogP contribution in [0.15, 0.2) is 28.7 Å². The lowest BCUT2D eigenvalue weighted by atomic mass is 10.2. The molecule has 2 N–H and O–H groups in total. The Morgan fingerprint density at radius 2 is 2.19 bits per heavy atom. The highest BCUT2D eigenvalue weighted by molar-refractivity contribution is 9.10. The van der Waals surface area contributed by atoms with Crippen molar-refractivity contribution in [3.8, 4) is 0 Å². The van der Waals surface area contributed by atoms with Crippen LogP contribution in [-0.2, 0) is 11.3 Å². The van der Waals surface area contributed by atoms with Crippen molar-refractivity contribution < 1.29 is 9.84 Å². The predicted octanol–water partition coefficient (Wildman–Crippen LogP) is 1.94. The van der Waals surface area contributed by atoms with E-state index in [4.69, 9.17) is 4.74 Å². The normalized spacial score (nSPS) is 12.7. The van der Waals surface area contributed by atoms with Gasteiger partial charge in [-0.25, -0.2) is 0 Å². The molecule has 1 aromatic rings.